The third-order valence-electron chi connectivity index (χ3n) is 4.08. The summed E-state index contributed by atoms with van der Waals surface area (Å²) < 4.78 is 1.08. The van der Waals surface area contributed by atoms with E-state index < -0.39 is 0 Å². The molecule has 118 valence electrons. The van der Waals surface area contributed by atoms with Crippen molar-refractivity contribution in [1.29, 1.82) is 0 Å². The molecule has 0 radical (unpaired) electrons. The van der Waals surface area contributed by atoms with Gasteiger partial charge in [-0.2, -0.15) is 11.8 Å². The Bertz CT molecular complexity index is 461. The standard InChI is InChI=1S/C16H26BrN3S/c1-4-11(3)21-10-13-19-15(12-8-6-7-9-12)14(17)16(20-13)18-5-2/h11-12H,4-10H2,1-3H3,(H,18,19,20). The minimum Gasteiger partial charge on any atom is -0.369 e. The van der Waals surface area contributed by atoms with Crippen LogP contribution >= 0.6 is 27.7 Å². The van der Waals surface area contributed by atoms with Gasteiger partial charge in [-0.1, -0.05) is 26.7 Å². The summed E-state index contributed by atoms with van der Waals surface area (Å²) in [7, 11) is 0. The predicted octanol–water partition coefficient (Wildman–Crippen LogP) is 5.36. The lowest BCUT2D eigenvalue weighted by atomic mass is 10.0. The molecule has 2 rings (SSSR count). The molecular weight excluding hydrogens is 346 g/mol. The highest BCUT2D eigenvalue weighted by Gasteiger charge is 2.23. The van der Waals surface area contributed by atoms with Crippen LogP contribution in [0.1, 0.15) is 70.3 Å². The molecule has 1 fully saturated rings. The van der Waals surface area contributed by atoms with Gasteiger partial charge in [0, 0.05) is 17.7 Å². The molecule has 1 atom stereocenters. The van der Waals surface area contributed by atoms with Crippen LogP contribution in [-0.2, 0) is 5.75 Å². The maximum absolute atomic E-state index is 4.88. The van der Waals surface area contributed by atoms with E-state index in [-0.39, 0.29) is 0 Å². The van der Waals surface area contributed by atoms with Crippen LogP contribution in [0.5, 0.6) is 0 Å². The SMILES string of the molecule is CCNc1nc(CSC(C)CC)nc(C2CCCC2)c1Br. The van der Waals surface area contributed by atoms with E-state index >= 15 is 0 Å². The van der Waals surface area contributed by atoms with Crippen LogP contribution in [0.15, 0.2) is 4.47 Å². The molecule has 1 aromatic rings. The molecule has 0 aromatic carbocycles. The van der Waals surface area contributed by atoms with E-state index in [9.17, 15) is 0 Å². The van der Waals surface area contributed by atoms with E-state index in [1.165, 1.54) is 37.8 Å². The first-order chi connectivity index (χ1) is 10.2. The summed E-state index contributed by atoms with van der Waals surface area (Å²) in [5.41, 5.74) is 1.22. The Hall–Kier alpha value is -0.290. The smallest absolute Gasteiger partial charge is 0.144 e. The molecule has 1 heterocycles. The number of rotatable bonds is 7. The lowest BCUT2D eigenvalue weighted by Gasteiger charge is -2.16. The average Bonchev–Trinajstić information content (AvgIpc) is 3.01. The fourth-order valence-corrected chi connectivity index (χ4v) is 4.11. The molecular formula is C16H26BrN3S. The van der Waals surface area contributed by atoms with E-state index in [1.54, 1.807) is 0 Å². The van der Waals surface area contributed by atoms with Gasteiger partial charge in [-0.25, -0.2) is 9.97 Å². The molecule has 1 saturated carbocycles. The normalized spacial score (nSPS) is 17.1. The van der Waals surface area contributed by atoms with E-state index in [0.29, 0.717) is 11.2 Å². The zero-order valence-electron chi connectivity index (χ0n) is 13.3. The first kappa shape index (κ1) is 17.1. The van der Waals surface area contributed by atoms with Crippen LogP contribution in [0.4, 0.5) is 5.82 Å². The molecule has 5 heteroatoms. The Labute approximate surface area is 141 Å². The van der Waals surface area contributed by atoms with Crippen LogP contribution in [0, 0.1) is 0 Å². The van der Waals surface area contributed by atoms with E-state index in [2.05, 4.69) is 42.0 Å². The van der Waals surface area contributed by atoms with Crippen LogP contribution in [0.2, 0.25) is 0 Å². The lowest BCUT2D eigenvalue weighted by molar-refractivity contribution is 0.684. The Morgan fingerprint density at radius 3 is 2.62 bits per heavy atom. The van der Waals surface area contributed by atoms with Gasteiger partial charge in [-0.15, -0.1) is 0 Å². The zero-order chi connectivity index (χ0) is 15.2. The van der Waals surface area contributed by atoms with Crippen molar-refractivity contribution in [2.24, 2.45) is 0 Å². The lowest BCUT2D eigenvalue weighted by Crippen LogP contribution is -2.10. The van der Waals surface area contributed by atoms with Gasteiger partial charge in [0.15, 0.2) is 0 Å². The molecule has 0 amide bonds. The highest BCUT2D eigenvalue weighted by molar-refractivity contribution is 9.10. The maximum Gasteiger partial charge on any atom is 0.144 e. The van der Waals surface area contributed by atoms with Crippen molar-refractivity contribution in [3.63, 3.8) is 0 Å². The first-order valence-corrected chi connectivity index (χ1v) is 9.91. The summed E-state index contributed by atoms with van der Waals surface area (Å²) in [4.78, 5) is 9.60. The molecule has 0 bridgehead atoms. The number of aromatic nitrogens is 2. The number of halogens is 1. The van der Waals surface area contributed by atoms with Gasteiger partial charge >= 0.3 is 0 Å². The minimum atomic E-state index is 0.604. The van der Waals surface area contributed by atoms with Crippen molar-refractivity contribution in [2.75, 3.05) is 11.9 Å². The number of anilines is 1. The Balaban J connectivity index is 2.23. The van der Waals surface area contributed by atoms with Crippen LogP contribution < -0.4 is 5.32 Å². The first-order valence-electron chi connectivity index (χ1n) is 8.07. The molecule has 1 aliphatic rings. The van der Waals surface area contributed by atoms with Crippen LogP contribution in [-0.4, -0.2) is 21.8 Å². The summed E-state index contributed by atoms with van der Waals surface area (Å²) in [5.74, 6) is 3.45. The van der Waals surface area contributed by atoms with E-state index in [1.807, 2.05) is 11.8 Å². The molecule has 1 N–H and O–H groups in total. The minimum absolute atomic E-state index is 0.604. The van der Waals surface area contributed by atoms with Crippen molar-refractivity contribution in [2.45, 2.75) is 69.8 Å². The third-order valence-corrected chi connectivity index (χ3v) is 6.19. The van der Waals surface area contributed by atoms with Crippen molar-refractivity contribution >= 4 is 33.5 Å². The summed E-state index contributed by atoms with van der Waals surface area (Å²) in [6, 6.07) is 0. The van der Waals surface area contributed by atoms with Crippen LogP contribution in [0.3, 0.4) is 0 Å². The summed E-state index contributed by atoms with van der Waals surface area (Å²) in [5, 5.41) is 4.04. The number of hydrogen-bond donors (Lipinski definition) is 1. The van der Waals surface area contributed by atoms with Gasteiger partial charge in [0.1, 0.15) is 11.6 Å². The largest absolute Gasteiger partial charge is 0.369 e. The van der Waals surface area contributed by atoms with Crippen molar-refractivity contribution in [3.05, 3.63) is 16.0 Å². The van der Waals surface area contributed by atoms with Gasteiger partial charge in [-0.05, 0) is 42.1 Å². The quantitative estimate of drug-likeness (QED) is 0.699. The van der Waals surface area contributed by atoms with Gasteiger partial charge in [0.25, 0.3) is 0 Å². The molecule has 21 heavy (non-hydrogen) atoms. The third kappa shape index (κ3) is 4.59. The number of hydrogen-bond acceptors (Lipinski definition) is 4. The number of nitrogens with one attached hydrogen (secondary N) is 1. The Morgan fingerprint density at radius 2 is 2.00 bits per heavy atom. The maximum atomic E-state index is 4.88. The Kier molecular flexibility index (Phi) is 6.80. The van der Waals surface area contributed by atoms with E-state index in [4.69, 9.17) is 9.97 Å². The topological polar surface area (TPSA) is 37.8 Å². The van der Waals surface area contributed by atoms with Gasteiger partial charge in [-0.3, -0.25) is 0 Å². The Morgan fingerprint density at radius 1 is 1.29 bits per heavy atom. The van der Waals surface area contributed by atoms with Gasteiger partial charge in [0.05, 0.1) is 15.9 Å². The second-order valence-electron chi connectivity index (χ2n) is 5.73. The predicted molar refractivity (Wildman–Crippen MR) is 96.2 cm³/mol. The molecule has 3 nitrogen and oxygen atoms in total. The van der Waals surface area contributed by atoms with Crippen LogP contribution in [0.25, 0.3) is 0 Å². The molecule has 1 unspecified atom stereocenters. The summed E-state index contributed by atoms with van der Waals surface area (Å²) in [6.45, 7) is 7.50. The van der Waals surface area contributed by atoms with Gasteiger partial charge in [0.2, 0.25) is 0 Å². The highest BCUT2D eigenvalue weighted by atomic mass is 79.9. The number of thioether (sulfide) groups is 1. The van der Waals surface area contributed by atoms with E-state index in [0.717, 1.165) is 28.4 Å². The summed E-state index contributed by atoms with van der Waals surface area (Å²) >= 11 is 5.67. The monoisotopic (exact) mass is 371 g/mol. The molecule has 0 spiro atoms. The molecule has 0 aliphatic heterocycles. The second-order valence-corrected chi connectivity index (χ2v) is 7.95. The second kappa shape index (κ2) is 8.37. The van der Waals surface area contributed by atoms with Crippen molar-refractivity contribution < 1.29 is 0 Å². The van der Waals surface area contributed by atoms with Gasteiger partial charge < -0.3 is 5.32 Å². The highest BCUT2D eigenvalue weighted by Crippen LogP contribution is 2.39. The molecule has 0 saturated heterocycles. The summed E-state index contributed by atoms with van der Waals surface area (Å²) in [6.07, 6.45) is 6.37. The number of nitrogens with zero attached hydrogens (tertiary/aromatic N) is 2. The fourth-order valence-electron chi connectivity index (χ4n) is 2.67. The zero-order valence-corrected chi connectivity index (χ0v) is 15.7. The average molecular weight is 372 g/mol. The molecule has 1 aliphatic carbocycles. The fraction of sp³-hybridized carbons (Fsp3) is 0.750. The molecule has 1 aromatic heterocycles. The van der Waals surface area contributed by atoms with Crippen molar-refractivity contribution in [3.8, 4) is 0 Å². The van der Waals surface area contributed by atoms with Crippen molar-refractivity contribution in [1.82, 2.24) is 9.97 Å².